The van der Waals surface area contributed by atoms with E-state index in [-0.39, 0.29) is 12.5 Å². The summed E-state index contributed by atoms with van der Waals surface area (Å²) in [5.41, 5.74) is 2.16. The first-order valence-corrected chi connectivity index (χ1v) is 7.66. The van der Waals surface area contributed by atoms with Crippen LogP contribution in [0.4, 0.5) is 5.69 Å². The Morgan fingerprint density at radius 3 is 2.43 bits per heavy atom. The number of benzene rings is 2. The zero-order valence-corrected chi connectivity index (χ0v) is 14.3. The van der Waals surface area contributed by atoms with Crippen LogP contribution in [-0.4, -0.2) is 25.6 Å². The van der Waals surface area contributed by atoms with Crippen molar-refractivity contribution < 1.29 is 19.1 Å². The number of anilines is 1. The monoisotopic (exact) mass is 377 g/mol. The van der Waals surface area contributed by atoms with Gasteiger partial charge in [-0.3, -0.25) is 4.79 Å². The van der Waals surface area contributed by atoms with Crippen molar-refractivity contribution >= 4 is 33.5 Å². The van der Waals surface area contributed by atoms with Gasteiger partial charge in [-0.1, -0.05) is 15.9 Å². The molecule has 23 heavy (non-hydrogen) atoms. The Morgan fingerprint density at radius 2 is 1.83 bits per heavy atom. The molecule has 0 aliphatic heterocycles. The van der Waals surface area contributed by atoms with Crippen LogP contribution in [0.2, 0.25) is 0 Å². The number of amides is 1. The Kier molecular flexibility index (Phi) is 5.76. The molecular weight excluding hydrogens is 362 g/mol. The van der Waals surface area contributed by atoms with E-state index >= 15 is 0 Å². The number of esters is 1. The van der Waals surface area contributed by atoms with Gasteiger partial charge in [0.05, 0.1) is 12.7 Å². The smallest absolute Gasteiger partial charge is 0.337 e. The Labute approximate surface area is 142 Å². The molecule has 2 aromatic rings. The second-order valence-corrected chi connectivity index (χ2v) is 5.67. The Balaban J connectivity index is 1.88. The van der Waals surface area contributed by atoms with E-state index < -0.39 is 5.97 Å². The average Bonchev–Trinajstić information content (AvgIpc) is 2.56. The van der Waals surface area contributed by atoms with Crippen LogP contribution in [-0.2, 0) is 9.53 Å². The molecule has 120 valence electrons. The molecule has 0 atom stereocenters. The van der Waals surface area contributed by atoms with E-state index in [4.69, 9.17) is 4.74 Å². The van der Waals surface area contributed by atoms with Crippen molar-refractivity contribution in [2.75, 3.05) is 19.0 Å². The maximum absolute atomic E-state index is 11.9. The fraction of sp³-hybridized carbons (Fsp3) is 0.176. The maximum atomic E-state index is 11.9. The molecule has 0 bridgehead atoms. The largest absolute Gasteiger partial charge is 0.484 e. The van der Waals surface area contributed by atoms with Gasteiger partial charge in [0, 0.05) is 10.2 Å². The van der Waals surface area contributed by atoms with Crippen molar-refractivity contribution in [2.24, 2.45) is 0 Å². The standard InChI is InChI=1S/C17H16BrNO4/c1-11-9-13(5-8-15(11)18)19-16(20)10-23-14-6-3-12(4-7-14)17(21)22-2/h3-9H,10H2,1-2H3,(H,19,20). The van der Waals surface area contributed by atoms with Gasteiger partial charge in [0.15, 0.2) is 6.61 Å². The summed E-state index contributed by atoms with van der Waals surface area (Å²) in [6.45, 7) is 1.83. The van der Waals surface area contributed by atoms with Crippen LogP contribution in [0.1, 0.15) is 15.9 Å². The molecule has 6 heteroatoms. The van der Waals surface area contributed by atoms with Crippen LogP contribution in [0, 0.1) is 6.92 Å². The minimum Gasteiger partial charge on any atom is -0.484 e. The minimum atomic E-state index is -0.417. The minimum absolute atomic E-state index is 0.118. The first-order chi connectivity index (χ1) is 11.0. The van der Waals surface area contributed by atoms with E-state index in [1.807, 2.05) is 19.1 Å². The lowest BCUT2D eigenvalue weighted by molar-refractivity contribution is -0.118. The maximum Gasteiger partial charge on any atom is 0.337 e. The molecule has 0 aromatic heterocycles. The molecule has 0 aliphatic rings. The quantitative estimate of drug-likeness (QED) is 0.809. The molecule has 0 saturated heterocycles. The molecule has 2 rings (SSSR count). The molecule has 0 spiro atoms. The molecule has 2 aromatic carbocycles. The summed E-state index contributed by atoms with van der Waals surface area (Å²) in [5, 5.41) is 2.76. The number of carbonyl (C=O) groups excluding carboxylic acids is 2. The highest BCUT2D eigenvalue weighted by Crippen LogP contribution is 2.20. The molecule has 0 aliphatic carbocycles. The Morgan fingerprint density at radius 1 is 1.13 bits per heavy atom. The number of hydrogen-bond donors (Lipinski definition) is 1. The number of halogens is 1. The van der Waals surface area contributed by atoms with Gasteiger partial charge >= 0.3 is 5.97 Å². The van der Waals surface area contributed by atoms with E-state index in [1.54, 1.807) is 30.3 Å². The Bertz CT molecular complexity index is 713. The molecule has 0 saturated carbocycles. The van der Waals surface area contributed by atoms with Gasteiger partial charge < -0.3 is 14.8 Å². The summed E-state index contributed by atoms with van der Waals surface area (Å²) in [7, 11) is 1.32. The number of rotatable bonds is 5. The van der Waals surface area contributed by atoms with Crippen molar-refractivity contribution in [1.29, 1.82) is 0 Å². The SMILES string of the molecule is COC(=O)c1ccc(OCC(=O)Nc2ccc(Br)c(C)c2)cc1. The highest BCUT2D eigenvalue weighted by molar-refractivity contribution is 9.10. The second-order valence-electron chi connectivity index (χ2n) is 4.82. The number of ether oxygens (including phenoxy) is 2. The van der Waals surface area contributed by atoms with Crippen LogP contribution >= 0.6 is 15.9 Å². The lowest BCUT2D eigenvalue weighted by Gasteiger charge is -2.09. The molecule has 0 fully saturated rings. The third-order valence-electron chi connectivity index (χ3n) is 3.09. The van der Waals surface area contributed by atoms with Crippen molar-refractivity contribution in [1.82, 2.24) is 0 Å². The summed E-state index contributed by atoms with van der Waals surface area (Å²) in [6, 6.07) is 11.9. The summed E-state index contributed by atoms with van der Waals surface area (Å²) in [6.07, 6.45) is 0. The first-order valence-electron chi connectivity index (χ1n) is 6.87. The van der Waals surface area contributed by atoms with E-state index in [1.165, 1.54) is 7.11 Å². The van der Waals surface area contributed by atoms with Gasteiger partial charge in [0.1, 0.15) is 5.75 Å². The fourth-order valence-electron chi connectivity index (χ4n) is 1.87. The Hall–Kier alpha value is -2.34. The van der Waals surface area contributed by atoms with Gasteiger partial charge in [-0.15, -0.1) is 0 Å². The zero-order chi connectivity index (χ0) is 16.8. The second kappa shape index (κ2) is 7.78. The van der Waals surface area contributed by atoms with E-state index in [0.29, 0.717) is 17.0 Å². The number of nitrogens with one attached hydrogen (secondary N) is 1. The number of hydrogen-bond acceptors (Lipinski definition) is 4. The summed E-state index contributed by atoms with van der Waals surface area (Å²) < 4.78 is 11.0. The van der Waals surface area contributed by atoms with Crippen LogP contribution < -0.4 is 10.1 Å². The fourth-order valence-corrected chi connectivity index (χ4v) is 2.12. The van der Waals surface area contributed by atoms with Crippen LogP contribution in [0.15, 0.2) is 46.9 Å². The van der Waals surface area contributed by atoms with Gasteiger partial charge in [0.2, 0.25) is 0 Å². The molecule has 0 unspecified atom stereocenters. The normalized spacial score (nSPS) is 10.0. The predicted molar refractivity (Wildman–Crippen MR) is 90.8 cm³/mol. The van der Waals surface area contributed by atoms with Gasteiger partial charge in [-0.25, -0.2) is 4.79 Å². The zero-order valence-electron chi connectivity index (χ0n) is 12.8. The lowest BCUT2D eigenvalue weighted by Crippen LogP contribution is -2.20. The van der Waals surface area contributed by atoms with Crippen LogP contribution in [0.5, 0.6) is 5.75 Å². The number of methoxy groups -OCH3 is 1. The lowest BCUT2D eigenvalue weighted by atomic mass is 10.2. The third-order valence-corrected chi connectivity index (χ3v) is 3.98. The topological polar surface area (TPSA) is 64.6 Å². The molecule has 0 heterocycles. The molecule has 1 amide bonds. The van der Waals surface area contributed by atoms with E-state index in [9.17, 15) is 9.59 Å². The molecule has 0 radical (unpaired) electrons. The summed E-state index contributed by atoms with van der Waals surface area (Å²) in [5.74, 6) is -0.177. The van der Waals surface area contributed by atoms with Crippen LogP contribution in [0.25, 0.3) is 0 Å². The highest BCUT2D eigenvalue weighted by Gasteiger charge is 2.07. The van der Waals surface area contributed by atoms with Crippen molar-refractivity contribution in [3.8, 4) is 5.75 Å². The van der Waals surface area contributed by atoms with Crippen LogP contribution in [0.3, 0.4) is 0 Å². The average molecular weight is 378 g/mol. The van der Waals surface area contributed by atoms with Gasteiger partial charge in [-0.2, -0.15) is 0 Å². The number of aryl methyl sites for hydroxylation is 1. The van der Waals surface area contributed by atoms with Crippen molar-refractivity contribution in [3.05, 3.63) is 58.1 Å². The predicted octanol–water partition coefficient (Wildman–Crippen LogP) is 3.56. The molecular formula is C17H16BrNO4. The summed E-state index contributed by atoms with van der Waals surface area (Å²) >= 11 is 3.41. The summed E-state index contributed by atoms with van der Waals surface area (Å²) in [4.78, 5) is 23.2. The van der Waals surface area contributed by atoms with Gasteiger partial charge in [0.25, 0.3) is 5.91 Å². The first kappa shape index (κ1) is 17.0. The van der Waals surface area contributed by atoms with E-state index in [2.05, 4.69) is 26.0 Å². The molecule has 5 nitrogen and oxygen atoms in total. The van der Waals surface area contributed by atoms with E-state index in [0.717, 1.165) is 10.0 Å². The van der Waals surface area contributed by atoms with Crippen molar-refractivity contribution in [2.45, 2.75) is 6.92 Å². The number of carbonyl (C=O) groups is 2. The highest BCUT2D eigenvalue weighted by atomic mass is 79.9. The van der Waals surface area contributed by atoms with Gasteiger partial charge in [-0.05, 0) is 55.0 Å². The van der Waals surface area contributed by atoms with Crippen molar-refractivity contribution in [3.63, 3.8) is 0 Å². The third kappa shape index (κ3) is 4.82. The molecule has 1 N–H and O–H groups in total.